The lowest BCUT2D eigenvalue weighted by Crippen LogP contribution is -2.48. The quantitative estimate of drug-likeness (QED) is 0.311. The molecule has 0 aromatic carbocycles. The van der Waals surface area contributed by atoms with E-state index in [1.165, 1.54) is 18.8 Å². The number of hydrogen-bond donors (Lipinski definition) is 0. The molecule has 1 aliphatic rings. The van der Waals surface area contributed by atoms with Crippen LogP contribution in [0.25, 0.3) is 0 Å². The van der Waals surface area contributed by atoms with E-state index in [1.54, 1.807) is 11.9 Å². The number of alkyl halides is 3. The Kier molecular flexibility index (Phi) is 6.80. The highest BCUT2D eigenvalue weighted by atomic mass is 35.6. The van der Waals surface area contributed by atoms with Crippen LogP contribution in [0.3, 0.4) is 0 Å². The van der Waals surface area contributed by atoms with Gasteiger partial charge in [0.05, 0.1) is 0 Å². The van der Waals surface area contributed by atoms with E-state index >= 15 is 0 Å². The minimum Gasteiger partial charge on any atom is -0.336 e. The molecule has 0 spiro atoms. The first-order valence-electron chi connectivity index (χ1n) is 5.75. The van der Waals surface area contributed by atoms with Gasteiger partial charge in [-0.2, -0.15) is 0 Å². The number of rotatable bonds is 2. The lowest BCUT2D eigenvalue weighted by Gasteiger charge is -2.34. The molecule has 0 N–H and O–H groups in total. The molecule has 0 aromatic rings. The minimum atomic E-state index is -1.69. The first-order chi connectivity index (χ1) is 9.53. The second-order valence-electron chi connectivity index (χ2n) is 4.27. The molecule has 2 amide bonds. The van der Waals surface area contributed by atoms with Crippen LogP contribution in [0, 0.1) is 0 Å². The summed E-state index contributed by atoms with van der Waals surface area (Å²) >= 11 is 18.5. The Morgan fingerprint density at radius 1 is 1.48 bits per heavy atom. The molecule has 2 atom stereocenters. The van der Waals surface area contributed by atoms with Gasteiger partial charge in [-0.15, -0.1) is 0 Å². The van der Waals surface area contributed by atoms with Crippen LogP contribution in [-0.2, 0) is 9.63 Å². The van der Waals surface area contributed by atoms with E-state index in [9.17, 15) is 9.59 Å². The van der Waals surface area contributed by atoms with Crippen molar-refractivity contribution < 1.29 is 14.4 Å². The molecule has 1 saturated heterocycles. The Bertz CT molecular complexity index is 459. The number of nitrogens with zero attached hydrogens (tertiary/aromatic N) is 3. The second kappa shape index (κ2) is 7.50. The van der Waals surface area contributed by atoms with Crippen LogP contribution in [0.5, 0.6) is 0 Å². The average Bonchev–Trinajstić information content (AvgIpc) is 2.36. The van der Waals surface area contributed by atoms with Crippen LogP contribution in [0.1, 0.15) is 13.8 Å². The van der Waals surface area contributed by atoms with Crippen LogP contribution in [0.2, 0.25) is 0 Å². The maximum atomic E-state index is 12.0. The van der Waals surface area contributed by atoms with Crippen LogP contribution < -0.4 is 0 Å². The summed E-state index contributed by atoms with van der Waals surface area (Å²) < 4.78 is -0.717. The van der Waals surface area contributed by atoms with E-state index in [2.05, 4.69) is 5.16 Å². The minimum absolute atomic E-state index is 0.0692. The predicted octanol–water partition coefficient (Wildman–Crippen LogP) is 3.33. The molecule has 0 saturated carbocycles. The highest BCUT2D eigenvalue weighted by Crippen LogP contribution is 2.40. The third-order valence-electron chi connectivity index (χ3n) is 2.80. The van der Waals surface area contributed by atoms with Crippen LogP contribution in [0.4, 0.5) is 4.79 Å². The third-order valence-corrected chi connectivity index (χ3v) is 5.28. The van der Waals surface area contributed by atoms with Crippen LogP contribution >= 0.6 is 58.5 Å². The summed E-state index contributed by atoms with van der Waals surface area (Å²) in [6.07, 6.45) is -0.846. The van der Waals surface area contributed by atoms with Gasteiger partial charge in [0.2, 0.25) is 5.04 Å². The zero-order valence-corrected chi connectivity index (χ0v) is 15.6. The fourth-order valence-corrected chi connectivity index (χ4v) is 3.77. The molecular weight excluding hydrogens is 381 g/mol. The maximum Gasteiger partial charge on any atom is 0.445 e. The number of amides is 2. The van der Waals surface area contributed by atoms with E-state index < -0.39 is 9.22 Å². The lowest BCUT2D eigenvalue weighted by molar-refractivity contribution is -0.124. The molecular formula is C10H14Cl3N3O3S2. The number of thioether (sulfide) groups is 1. The summed E-state index contributed by atoms with van der Waals surface area (Å²) in [6, 6.07) is 0.0692. The fraction of sp³-hybridized carbons (Fsp3) is 0.700. The number of halogens is 3. The van der Waals surface area contributed by atoms with Gasteiger partial charge in [0, 0.05) is 37.3 Å². The van der Waals surface area contributed by atoms with E-state index in [0.717, 1.165) is 4.31 Å². The van der Waals surface area contributed by atoms with Crippen molar-refractivity contribution in [1.29, 1.82) is 0 Å². The van der Waals surface area contributed by atoms with Crippen molar-refractivity contribution in [2.75, 3.05) is 14.1 Å². The molecule has 6 nitrogen and oxygen atoms in total. The first-order valence-corrected chi connectivity index (χ1v) is 8.54. The lowest BCUT2D eigenvalue weighted by atomic mass is 10.2. The Morgan fingerprint density at radius 2 is 2.05 bits per heavy atom. The standard InChI is InChI=1S/C10H14Cl3N3O3S2/c1-5-6(2)20-7(8(17)15(5)3)14-19-9(18)16(4)21-10(11,12)13/h5-6H,1-4H3. The average molecular weight is 395 g/mol. The number of oxime groups is 1. The van der Waals surface area contributed by atoms with Crippen molar-refractivity contribution in [3.63, 3.8) is 0 Å². The Hall–Kier alpha value is -0.0200. The molecule has 0 radical (unpaired) electrons. The van der Waals surface area contributed by atoms with Gasteiger partial charge in [-0.05, 0) is 6.92 Å². The predicted molar refractivity (Wildman–Crippen MR) is 88.8 cm³/mol. The van der Waals surface area contributed by atoms with Gasteiger partial charge in [0.1, 0.15) is 0 Å². The van der Waals surface area contributed by atoms with Gasteiger partial charge < -0.3 is 4.90 Å². The molecule has 11 heteroatoms. The summed E-state index contributed by atoms with van der Waals surface area (Å²) in [5.74, 6) is -0.296. The Labute approximate surface area is 146 Å². The van der Waals surface area contributed by atoms with Gasteiger partial charge in [-0.3, -0.25) is 9.63 Å². The van der Waals surface area contributed by atoms with E-state index in [-0.39, 0.29) is 22.2 Å². The van der Waals surface area contributed by atoms with Crippen molar-refractivity contribution in [3.05, 3.63) is 0 Å². The number of hydrogen-bond acceptors (Lipinski definition) is 6. The molecule has 0 bridgehead atoms. The van der Waals surface area contributed by atoms with E-state index in [4.69, 9.17) is 39.6 Å². The van der Waals surface area contributed by atoms with Crippen molar-refractivity contribution >= 4 is 75.6 Å². The van der Waals surface area contributed by atoms with Gasteiger partial charge in [-0.1, -0.05) is 58.6 Å². The molecule has 21 heavy (non-hydrogen) atoms. The van der Waals surface area contributed by atoms with E-state index in [1.807, 2.05) is 13.8 Å². The molecule has 1 rings (SSSR count). The Balaban J connectivity index is 2.67. The van der Waals surface area contributed by atoms with Crippen molar-refractivity contribution in [2.24, 2.45) is 5.16 Å². The van der Waals surface area contributed by atoms with Gasteiger partial charge in [0.25, 0.3) is 9.03 Å². The SMILES string of the molecule is CC1SC(=NOC(=O)N(C)SC(Cl)(Cl)Cl)C(=O)N(C)C1C. The van der Waals surface area contributed by atoms with Gasteiger partial charge in [0.15, 0.2) is 0 Å². The maximum absolute atomic E-state index is 12.0. The fourth-order valence-electron chi connectivity index (χ4n) is 1.37. The number of carbonyl (C=O) groups is 2. The first kappa shape index (κ1) is 19.0. The Morgan fingerprint density at radius 3 is 2.57 bits per heavy atom. The molecule has 1 heterocycles. The van der Waals surface area contributed by atoms with Gasteiger partial charge >= 0.3 is 6.09 Å². The zero-order chi connectivity index (χ0) is 16.4. The second-order valence-corrected chi connectivity index (χ2v) is 9.93. The van der Waals surface area contributed by atoms with Crippen molar-refractivity contribution in [2.45, 2.75) is 28.3 Å². The molecule has 120 valence electrons. The normalized spacial score (nSPS) is 25.2. The zero-order valence-electron chi connectivity index (χ0n) is 11.7. The largest absolute Gasteiger partial charge is 0.445 e. The van der Waals surface area contributed by atoms with Crippen LogP contribution in [-0.4, -0.2) is 54.8 Å². The van der Waals surface area contributed by atoms with Gasteiger partial charge in [-0.25, -0.2) is 9.10 Å². The monoisotopic (exact) mass is 393 g/mol. The molecule has 0 aromatic heterocycles. The van der Waals surface area contributed by atoms with E-state index in [0.29, 0.717) is 11.9 Å². The summed E-state index contributed by atoms with van der Waals surface area (Å²) in [5.41, 5.74) is 0. The summed E-state index contributed by atoms with van der Waals surface area (Å²) in [5, 5.41) is 3.86. The molecule has 2 unspecified atom stereocenters. The molecule has 1 fully saturated rings. The third kappa shape index (κ3) is 5.59. The van der Waals surface area contributed by atoms with Crippen molar-refractivity contribution in [1.82, 2.24) is 9.21 Å². The summed E-state index contributed by atoms with van der Waals surface area (Å²) in [7, 11) is 3.03. The number of carbonyl (C=O) groups excluding carboxylic acids is 2. The molecule has 1 aliphatic heterocycles. The highest BCUT2D eigenvalue weighted by molar-refractivity contribution is 8.16. The topological polar surface area (TPSA) is 62.2 Å². The summed E-state index contributed by atoms with van der Waals surface area (Å²) in [4.78, 5) is 29.9. The molecule has 0 aliphatic carbocycles. The smallest absolute Gasteiger partial charge is 0.336 e. The van der Waals surface area contributed by atoms with Crippen LogP contribution in [0.15, 0.2) is 5.16 Å². The van der Waals surface area contributed by atoms with Crippen molar-refractivity contribution in [3.8, 4) is 0 Å². The highest BCUT2D eigenvalue weighted by Gasteiger charge is 2.34. The summed E-state index contributed by atoms with van der Waals surface area (Å²) in [6.45, 7) is 3.89.